The Labute approximate surface area is 239 Å². The maximum Gasteiger partial charge on any atom is 0.490 e. The van der Waals surface area contributed by atoms with Crippen molar-refractivity contribution in [3.05, 3.63) is 42.0 Å². The second kappa shape index (κ2) is 14.8. The van der Waals surface area contributed by atoms with Crippen LogP contribution in [-0.4, -0.2) is 91.9 Å². The lowest BCUT2D eigenvalue weighted by atomic mass is 10.1. The minimum atomic E-state index is -5.08. The number of rotatable bonds is 6. The van der Waals surface area contributed by atoms with Crippen LogP contribution >= 0.6 is 11.3 Å². The average molecular weight is 628 g/mol. The molecule has 1 aromatic heterocycles. The fraction of sp³-hybridized carbons (Fsp3) is 0.400. The van der Waals surface area contributed by atoms with Crippen molar-refractivity contribution in [2.75, 3.05) is 52.4 Å². The molecule has 17 heteroatoms. The number of ether oxygens (including phenoxy) is 3. The van der Waals surface area contributed by atoms with Crippen LogP contribution in [0, 0.1) is 0 Å². The van der Waals surface area contributed by atoms with E-state index in [2.05, 4.69) is 34.1 Å². The highest BCUT2D eigenvalue weighted by Crippen LogP contribution is 2.40. The fourth-order valence-electron chi connectivity index (χ4n) is 3.62. The number of piperazine rings is 1. The van der Waals surface area contributed by atoms with E-state index in [1.165, 1.54) is 4.70 Å². The number of aromatic nitrogens is 1. The molecule has 1 aliphatic heterocycles. The molecular weight excluding hydrogens is 600 g/mol. The Morgan fingerprint density at radius 1 is 0.833 bits per heavy atom. The molecule has 0 aliphatic carbocycles. The molecule has 1 fully saturated rings. The van der Waals surface area contributed by atoms with Crippen molar-refractivity contribution in [3.63, 3.8) is 0 Å². The number of anilines is 1. The number of carboxylic acids is 2. The van der Waals surface area contributed by atoms with Crippen molar-refractivity contribution < 1.29 is 60.4 Å². The van der Waals surface area contributed by atoms with Crippen LogP contribution in [0.2, 0.25) is 0 Å². The van der Waals surface area contributed by atoms with Gasteiger partial charge in [-0.15, -0.1) is 0 Å². The van der Waals surface area contributed by atoms with Gasteiger partial charge in [-0.3, -0.25) is 4.90 Å². The van der Waals surface area contributed by atoms with Gasteiger partial charge >= 0.3 is 24.3 Å². The summed E-state index contributed by atoms with van der Waals surface area (Å²) in [5.74, 6) is -3.44. The zero-order valence-corrected chi connectivity index (χ0v) is 23.3. The summed E-state index contributed by atoms with van der Waals surface area (Å²) in [6, 6.07) is 12.3. The standard InChI is InChI=1S/C21H25N3O3S.2C2HF3O2/c1-25-17-9-8-15(19(26-2)20(17)27-3)14-23-10-12-24(13-11-23)21-22-16-6-4-5-7-18(16)28-21;2*3-2(4,5)1(6)7/h4-9H,10-14H2,1-3H3;2*(H,6,7). The SMILES string of the molecule is COc1ccc(CN2CCN(c3nc4ccccc4s3)CC2)c(OC)c1OC.O=C(O)C(F)(F)F.O=C(O)C(F)(F)F. The van der Waals surface area contributed by atoms with Gasteiger partial charge in [0.15, 0.2) is 16.6 Å². The van der Waals surface area contributed by atoms with Gasteiger partial charge in [-0.1, -0.05) is 29.5 Å². The van der Waals surface area contributed by atoms with Crippen molar-refractivity contribution in [1.82, 2.24) is 9.88 Å². The number of aliphatic carboxylic acids is 2. The van der Waals surface area contributed by atoms with Gasteiger partial charge in [-0.2, -0.15) is 26.3 Å². The lowest BCUT2D eigenvalue weighted by Gasteiger charge is -2.34. The number of nitrogens with zero attached hydrogens (tertiary/aromatic N) is 3. The Bertz CT molecular complexity index is 1290. The Balaban J connectivity index is 0.000000367. The van der Waals surface area contributed by atoms with Crippen LogP contribution in [0.4, 0.5) is 31.5 Å². The van der Waals surface area contributed by atoms with Gasteiger partial charge in [0.05, 0.1) is 31.5 Å². The number of hydrogen-bond donors (Lipinski definition) is 2. The highest BCUT2D eigenvalue weighted by atomic mass is 32.1. The molecule has 2 N–H and O–H groups in total. The lowest BCUT2D eigenvalue weighted by Crippen LogP contribution is -2.46. The number of hydrogen-bond acceptors (Lipinski definition) is 9. The van der Waals surface area contributed by atoms with Crippen LogP contribution in [0.15, 0.2) is 36.4 Å². The number of halogens is 6. The van der Waals surface area contributed by atoms with Gasteiger partial charge in [0.1, 0.15) is 0 Å². The van der Waals surface area contributed by atoms with E-state index in [1.807, 2.05) is 12.1 Å². The zero-order chi connectivity index (χ0) is 31.7. The van der Waals surface area contributed by atoms with Crippen molar-refractivity contribution in [2.24, 2.45) is 0 Å². The van der Waals surface area contributed by atoms with Crippen molar-refractivity contribution in [2.45, 2.75) is 18.9 Å². The zero-order valence-electron chi connectivity index (χ0n) is 22.5. The largest absolute Gasteiger partial charge is 0.493 e. The summed E-state index contributed by atoms with van der Waals surface area (Å²) in [6.07, 6.45) is -10.2. The first kappa shape index (κ1) is 34.2. The predicted molar refractivity (Wildman–Crippen MR) is 141 cm³/mol. The second-order valence-electron chi connectivity index (χ2n) is 8.33. The van der Waals surface area contributed by atoms with Gasteiger partial charge in [-0.25, -0.2) is 14.6 Å². The summed E-state index contributed by atoms with van der Waals surface area (Å²) in [5.41, 5.74) is 2.19. The van der Waals surface area contributed by atoms with Crippen molar-refractivity contribution in [1.29, 1.82) is 0 Å². The third-order valence-corrected chi connectivity index (χ3v) is 6.69. The summed E-state index contributed by atoms with van der Waals surface area (Å²) in [5, 5.41) is 15.4. The highest BCUT2D eigenvalue weighted by Gasteiger charge is 2.38. The van der Waals surface area contributed by atoms with Gasteiger partial charge < -0.3 is 29.3 Å². The first-order valence-corrected chi connectivity index (χ1v) is 12.6. The highest BCUT2D eigenvalue weighted by molar-refractivity contribution is 7.22. The van der Waals surface area contributed by atoms with Crippen molar-refractivity contribution in [3.8, 4) is 17.2 Å². The maximum absolute atomic E-state index is 10.6. The molecule has 3 aromatic rings. The van der Waals surface area contributed by atoms with Crippen LogP contribution in [0.3, 0.4) is 0 Å². The molecule has 2 aromatic carbocycles. The van der Waals surface area contributed by atoms with Gasteiger partial charge in [0.25, 0.3) is 0 Å². The van der Waals surface area contributed by atoms with Gasteiger partial charge in [-0.05, 0) is 18.2 Å². The third kappa shape index (κ3) is 9.54. The van der Waals surface area contributed by atoms with Crippen molar-refractivity contribution >= 4 is 38.6 Å². The van der Waals surface area contributed by atoms with E-state index in [9.17, 15) is 26.3 Å². The quantitative estimate of drug-likeness (QED) is 0.365. The van der Waals surface area contributed by atoms with E-state index in [4.69, 9.17) is 39.0 Å². The number of methoxy groups -OCH3 is 3. The van der Waals surface area contributed by atoms with Crippen LogP contribution in [0.1, 0.15) is 5.56 Å². The predicted octanol–water partition coefficient (Wildman–Crippen LogP) is 4.91. The Morgan fingerprint density at radius 2 is 1.36 bits per heavy atom. The molecule has 0 spiro atoms. The van der Waals surface area contributed by atoms with E-state index in [0.29, 0.717) is 11.5 Å². The molecule has 42 heavy (non-hydrogen) atoms. The normalized spacial score (nSPS) is 13.8. The molecule has 10 nitrogen and oxygen atoms in total. The summed E-state index contributed by atoms with van der Waals surface area (Å²) >= 11 is 1.77. The first-order chi connectivity index (χ1) is 19.6. The average Bonchev–Trinajstić information content (AvgIpc) is 3.37. The monoisotopic (exact) mass is 627 g/mol. The Hall–Kier alpha value is -3.99. The third-order valence-electron chi connectivity index (χ3n) is 5.59. The first-order valence-electron chi connectivity index (χ1n) is 11.8. The number of thiazole rings is 1. The van der Waals surface area contributed by atoms with Crippen LogP contribution in [-0.2, 0) is 16.1 Å². The van der Waals surface area contributed by atoms with Crippen LogP contribution in [0.25, 0.3) is 10.2 Å². The maximum atomic E-state index is 10.6. The van der Waals surface area contributed by atoms with Crippen LogP contribution < -0.4 is 19.1 Å². The number of benzene rings is 2. The summed E-state index contributed by atoms with van der Waals surface area (Å²) in [6.45, 7) is 4.71. The molecule has 0 saturated carbocycles. The number of carboxylic acid groups (broad SMARTS) is 2. The number of para-hydroxylation sites is 1. The summed E-state index contributed by atoms with van der Waals surface area (Å²) < 4.78 is 81.2. The smallest absolute Gasteiger partial charge is 0.490 e. The van der Waals surface area contributed by atoms with Crippen LogP contribution in [0.5, 0.6) is 17.2 Å². The summed E-state index contributed by atoms with van der Waals surface area (Å²) in [7, 11) is 4.95. The van der Waals surface area contributed by atoms with E-state index < -0.39 is 24.3 Å². The molecule has 1 saturated heterocycles. The Morgan fingerprint density at radius 3 is 1.81 bits per heavy atom. The number of fused-ring (bicyclic) bond motifs is 1. The lowest BCUT2D eigenvalue weighted by molar-refractivity contribution is -0.193. The fourth-order valence-corrected chi connectivity index (χ4v) is 4.64. The van der Waals surface area contributed by atoms with E-state index in [1.54, 1.807) is 32.7 Å². The molecule has 4 rings (SSSR count). The molecule has 0 bridgehead atoms. The molecule has 0 radical (unpaired) electrons. The number of alkyl halides is 6. The minimum Gasteiger partial charge on any atom is -0.493 e. The minimum absolute atomic E-state index is 0.649. The molecule has 0 atom stereocenters. The van der Waals surface area contributed by atoms with E-state index in [-0.39, 0.29) is 0 Å². The van der Waals surface area contributed by atoms with E-state index >= 15 is 0 Å². The molecule has 1 aliphatic rings. The topological polar surface area (TPSA) is 122 Å². The second-order valence-corrected chi connectivity index (χ2v) is 9.34. The molecule has 232 valence electrons. The van der Waals surface area contributed by atoms with Gasteiger partial charge in [0, 0.05) is 38.3 Å². The summed E-state index contributed by atoms with van der Waals surface area (Å²) in [4.78, 5) is 27.4. The molecule has 2 heterocycles. The molecule has 0 unspecified atom stereocenters. The van der Waals surface area contributed by atoms with Gasteiger partial charge in [0.2, 0.25) is 5.75 Å². The molecular formula is C25H27F6N3O7S. The Kier molecular flexibility index (Phi) is 12.0. The van der Waals surface area contributed by atoms with E-state index in [0.717, 1.165) is 54.7 Å². The molecule has 0 amide bonds. The number of carbonyl (C=O) groups is 2.